The van der Waals surface area contributed by atoms with E-state index in [0.717, 1.165) is 13.0 Å². The first-order valence-corrected chi connectivity index (χ1v) is 10.0. The van der Waals surface area contributed by atoms with Gasteiger partial charge in [-0.1, -0.05) is 29.3 Å². The zero-order valence-corrected chi connectivity index (χ0v) is 17.8. The van der Waals surface area contributed by atoms with Gasteiger partial charge in [0.2, 0.25) is 0 Å². The summed E-state index contributed by atoms with van der Waals surface area (Å²) in [6, 6.07) is 6.51. The molecule has 1 fully saturated rings. The second-order valence-electron chi connectivity index (χ2n) is 6.25. The van der Waals surface area contributed by atoms with Crippen LogP contribution in [0, 0.1) is 13.8 Å². The van der Waals surface area contributed by atoms with Crippen LogP contribution >= 0.6 is 24.0 Å². The van der Waals surface area contributed by atoms with Gasteiger partial charge in [-0.15, -0.1) is 24.0 Å². The highest BCUT2D eigenvalue weighted by Gasteiger charge is 2.28. The lowest BCUT2D eigenvalue weighted by Crippen LogP contribution is -2.44. The van der Waals surface area contributed by atoms with Crippen molar-refractivity contribution in [3.8, 4) is 0 Å². The lowest BCUT2D eigenvalue weighted by Gasteiger charge is -2.15. The van der Waals surface area contributed by atoms with E-state index in [0.29, 0.717) is 18.9 Å². The molecule has 0 spiro atoms. The molecule has 0 aromatic heterocycles. The van der Waals surface area contributed by atoms with Gasteiger partial charge in [-0.25, -0.2) is 8.42 Å². The van der Waals surface area contributed by atoms with E-state index in [1.807, 2.05) is 6.92 Å². The van der Waals surface area contributed by atoms with Crippen LogP contribution in [0.1, 0.15) is 30.0 Å². The fourth-order valence-corrected chi connectivity index (χ4v) is 4.61. The molecule has 1 atom stereocenters. The van der Waals surface area contributed by atoms with Gasteiger partial charge in [0.15, 0.2) is 15.8 Å². The van der Waals surface area contributed by atoms with E-state index < -0.39 is 9.84 Å². The monoisotopic (exact) mass is 465 g/mol. The van der Waals surface area contributed by atoms with Crippen molar-refractivity contribution in [3.05, 3.63) is 34.9 Å². The van der Waals surface area contributed by atoms with Crippen molar-refractivity contribution in [1.29, 1.82) is 0 Å². The summed E-state index contributed by atoms with van der Waals surface area (Å²) in [4.78, 5) is 4.58. The number of hydrogen-bond donors (Lipinski definition) is 2. The maximum absolute atomic E-state index is 11.5. The molecule has 1 aromatic rings. The molecular formula is C17H28IN3O2S. The van der Waals surface area contributed by atoms with Gasteiger partial charge in [0.05, 0.1) is 11.5 Å². The summed E-state index contributed by atoms with van der Waals surface area (Å²) in [5, 5.41) is 6.43. The molecule has 7 heteroatoms. The van der Waals surface area contributed by atoms with E-state index in [1.165, 1.54) is 16.7 Å². The second-order valence-corrected chi connectivity index (χ2v) is 8.48. The minimum atomic E-state index is -2.87. The average molecular weight is 465 g/mol. The Morgan fingerprint density at radius 3 is 2.46 bits per heavy atom. The molecule has 0 amide bonds. The maximum atomic E-state index is 11.5. The first kappa shape index (κ1) is 21.2. The van der Waals surface area contributed by atoms with Crippen molar-refractivity contribution in [2.75, 3.05) is 24.6 Å². The Morgan fingerprint density at radius 1 is 1.25 bits per heavy atom. The number of rotatable bonds is 5. The van der Waals surface area contributed by atoms with Crippen LogP contribution in [0.15, 0.2) is 23.2 Å². The molecule has 24 heavy (non-hydrogen) atoms. The summed E-state index contributed by atoms with van der Waals surface area (Å²) in [6.45, 7) is 7.65. The Balaban J connectivity index is 0.00000288. The quantitative estimate of drug-likeness (QED) is 0.398. The lowest BCUT2D eigenvalue weighted by molar-refractivity contribution is 0.599. The molecule has 5 nitrogen and oxygen atoms in total. The molecule has 1 heterocycles. The number of nitrogens with one attached hydrogen (secondary N) is 2. The summed E-state index contributed by atoms with van der Waals surface area (Å²) in [5.41, 5.74) is 3.82. The van der Waals surface area contributed by atoms with Crippen LogP contribution < -0.4 is 10.6 Å². The Hall–Kier alpha value is -0.830. The Morgan fingerprint density at radius 2 is 1.92 bits per heavy atom. The summed E-state index contributed by atoms with van der Waals surface area (Å²) in [6.07, 6.45) is 1.53. The van der Waals surface area contributed by atoms with Gasteiger partial charge in [-0.3, -0.25) is 4.99 Å². The first-order chi connectivity index (χ1) is 10.9. The lowest BCUT2D eigenvalue weighted by atomic mass is 10.1. The molecule has 1 saturated heterocycles. The number of aryl methyl sites for hydroxylation is 2. The van der Waals surface area contributed by atoms with Gasteiger partial charge in [-0.05, 0) is 39.2 Å². The molecule has 0 aliphatic carbocycles. The SMILES string of the molecule is CCNC(=NCCc1cc(C)cc(C)c1)NC1CCS(=O)(=O)C1.I. The normalized spacial score (nSPS) is 19.6. The molecular weight excluding hydrogens is 437 g/mol. The third-order valence-corrected chi connectivity index (χ3v) is 5.64. The molecule has 2 rings (SSSR count). The molecule has 0 radical (unpaired) electrons. The van der Waals surface area contributed by atoms with Crippen LogP contribution in [-0.2, 0) is 16.3 Å². The second kappa shape index (κ2) is 9.60. The molecule has 0 saturated carbocycles. The predicted molar refractivity (Wildman–Crippen MR) is 111 cm³/mol. The smallest absolute Gasteiger partial charge is 0.191 e. The van der Waals surface area contributed by atoms with Crippen LogP contribution in [-0.4, -0.2) is 45.0 Å². The number of nitrogens with zero attached hydrogens (tertiary/aromatic N) is 1. The molecule has 0 bridgehead atoms. The van der Waals surface area contributed by atoms with Crippen LogP contribution in [0.2, 0.25) is 0 Å². The summed E-state index contributed by atoms with van der Waals surface area (Å²) in [7, 11) is -2.87. The fourth-order valence-electron chi connectivity index (χ4n) is 2.93. The van der Waals surface area contributed by atoms with Crippen molar-refractivity contribution in [3.63, 3.8) is 0 Å². The van der Waals surface area contributed by atoms with Crippen molar-refractivity contribution >= 4 is 39.8 Å². The first-order valence-electron chi connectivity index (χ1n) is 8.20. The highest BCUT2D eigenvalue weighted by atomic mass is 127. The fraction of sp³-hybridized carbons (Fsp3) is 0.588. The average Bonchev–Trinajstić information content (AvgIpc) is 2.77. The molecule has 1 aliphatic heterocycles. The number of halogens is 1. The predicted octanol–water partition coefficient (Wildman–Crippen LogP) is 2.21. The van der Waals surface area contributed by atoms with E-state index in [1.54, 1.807) is 0 Å². The van der Waals surface area contributed by atoms with Crippen molar-refractivity contribution in [2.24, 2.45) is 4.99 Å². The molecule has 1 unspecified atom stereocenters. The van der Waals surface area contributed by atoms with Crippen LogP contribution in [0.25, 0.3) is 0 Å². The number of aliphatic imine (C=N–C) groups is 1. The van der Waals surface area contributed by atoms with Crippen molar-refractivity contribution in [1.82, 2.24) is 10.6 Å². The minimum Gasteiger partial charge on any atom is -0.357 e. The highest BCUT2D eigenvalue weighted by Crippen LogP contribution is 2.11. The van der Waals surface area contributed by atoms with Gasteiger partial charge >= 0.3 is 0 Å². The number of sulfone groups is 1. The van der Waals surface area contributed by atoms with Gasteiger partial charge < -0.3 is 10.6 Å². The van der Waals surface area contributed by atoms with Crippen molar-refractivity contribution in [2.45, 2.75) is 39.7 Å². The minimum absolute atomic E-state index is 0. The van der Waals surface area contributed by atoms with E-state index >= 15 is 0 Å². The largest absolute Gasteiger partial charge is 0.357 e. The molecule has 1 aromatic carbocycles. The number of benzene rings is 1. The van der Waals surface area contributed by atoms with Crippen molar-refractivity contribution < 1.29 is 8.42 Å². The summed E-state index contributed by atoms with van der Waals surface area (Å²) < 4.78 is 23.1. The standard InChI is InChI=1S/C17H27N3O2S.HI/c1-4-18-17(20-16-6-8-23(21,22)12-16)19-7-5-15-10-13(2)9-14(3)11-15;/h9-11,16H,4-8,12H2,1-3H3,(H2,18,19,20);1H. The summed E-state index contributed by atoms with van der Waals surface area (Å²) in [5.74, 6) is 1.18. The van der Waals surface area contributed by atoms with E-state index in [9.17, 15) is 8.42 Å². The van der Waals surface area contributed by atoms with Crippen LogP contribution in [0.5, 0.6) is 0 Å². The highest BCUT2D eigenvalue weighted by molar-refractivity contribution is 14.0. The molecule has 2 N–H and O–H groups in total. The van der Waals surface area contributed by atoms with E-state index in [4.69, 9.17) is 0 Å². The van der Waals surface area contributed by atoms with Gasteiger partial charge in [-0.2, -0.15) is 0 Å². The van der Waals surface area contributed by atoms with E-state index in [2.05, 4.69) is 47.7 Å². The van der Waals surface area contributed by atoms with Gasteiger partial charge in [0, 0.05) is 19.1 Å². The third-order valence-electron chi connectivity index (χ3n) is 3.87. The third kappa shape index (κ3) is 6.96. The number of guanidine groups is 1. The molecule has 136 valence electrons. The molecule has 1 aliphatic rings. The number of hydrogen-bond acceptors (Lipinski definition) is 3. The zero-order chi connectivity index (χ0) is 16.9. The van der Waals surface area contributed by atoms with Crippen LogP contribution in [0.3, 0.4) is 0 Å². The summed E-state index contributed by atoms with van der Waals surface area (Å²) >= 11 is 0. The zero-order valence-electron chi connectivity index (χ0n) is 14.6. The Labute approximate surface area is 162 Å². The topological polar surface area (TPSA) is 70.6 Å². The van der Waals surface area contributed by atoms with Crippen LogP contribution in [0.4, 0.5) is 0 Å². The van der Waals surface area contributed by atoms with Gasteiger partial charge in [0.25, 0.3) is 0 Å². The van der Waals surface area contributed by atoms with Gasteiger partial charge in [0.1, 0.15) is 0 Å². The van der Waals surface area contributed by atoms with E-state index in [-0.39, 0.29) is 41.5 Å². The Bertz CT molecular complexity index is 654. The Kier molecular flexibility index (Phi) is 8.49. The maximum Gasteiger partial charge on any atom is 0.191 e.